The summed E-state index contributed by atoms with van der Waals surface area (Å²) in [4.78, 5) is 4.63. The van der Waals surface area contributed by atoms with E-state index in [1.807, 2.05) is 47.1 Å². The maximum atomic E-state index is 5.32. The maximum Gasteiger partial charge on any atom is 0.179 e. The molecule has 0 aliphatic heterocycles. The van der Waals surface area contributed by atoms with E-state index in [1.54, 1.807) is 14.2 Å². The molecule has 4 nitrogen and oxygen atoms in total. The van der Waals surface area contributed by atoms with Crippen LogP contribution in [0.3, 0.4) is 0 Å². The van der Waals surface area contributed by atoms with Gasteiger partial charge in [-0.05, 0) is 29.8 Å². The first-order valence-corrected chi connectivity index (χ1v) is 6.43. The topological polar surface area (TPSA) is 35.8 Å². The van der Waals surface area contributed by atoms with Crippen LogP contribution in [0.4, 0.5) is 0 Å². The Labute approximate surface area is 117 Å². The van der Waals surface area contributed by atoms with Crippen molar-refractivity contribution in [1.29, 1.82) is 0 Å². The minimum absolute atomic E-state index is 0.766. The van der Waals surface area contributed by atoms with Crippen molar-refractivity contribution in [1.82, 2.24) is 9.38 Å². The fourth-order valence-electron chi connectivity index (χ4n) is 2.27. The number of imidazole rings is 1. The molecule has 0 radical (unpaired) electrons. The van der Waals surface area contributed by atoms with Crippen molar-refractivity contribution in [2.45, 2.75) is 6.42 Å². The van der Waals surface area contributed by atoms with Crippen LogP contribution in [0.1, 0.15) is 11.3 Å². The Balaban J connectivity index is 1.94. The number of benzene rings is 1. The first-order chi connectivity index (χ1) is 9.80. The molecule has 4 heteroatoms. The molecule has 0 aliphatic rings. The van der Waals surface area contributed by atoms with Crippen molar-refractivity contribution in [2.24, 2.45) is 0 Å². The maximum absolute atomic E-state index is 5.32. The molecule has 0 saturated heterocycles. The van der Waals surface area contributed by atoms with Crippen molar-refractivity contribution < 1.29 is 9.47 Å². The molecule has 0 saturated carbocycles. The number of fused-ring (bicyclic) bond motifs is 1. The summed E-state index contributed by atoms with van der Waals surface area (Å²) in [6, 6.07) is 11.9. The molecule has 3 aromatic rings. The largest absolute Gasteiger partial charge is 0.497 e. The molecule has 20 heavy (non-hydrogen) atoms. The fourth-order valence-corrected chi connectivity index (χ4v) is 2.27. The number of pyridine rings is 1. The third-order valence-corrected chi connectivity index (χ3v) is 3.24. The van der Waals surface area contributed by atoms with Gasteiger partial charge in [-0.15, -0.1) is 0 Å². The van der Waals surface area contributed by atoms with Crippen molar-refractivity contribution in [3.8, 4) is 11.5 Å². The Morgan fingerprint density at radius 3 is 2.80 bits per heavy atom. The minimum Gasteiger partial charge on any atom is -0.497 e. The van der Waals surface area contributed by atoms with Crippen LogP contribution in [0, 0.1) is 0 Å². The smallest absolute Gasteiger partial charge is 0.179 e. The Morgan fingerprint density at radius 1 is 1.10 bits per heavy atom. The van der Waals surface area contributed by atoms with Gasteiger partial charge in [0.1, 0.15) is 5.75 Å². The Bertz CT molecular complexity index is 734. The van der Waals surface area contributed by atoms with Gasteiger partial charge in [0.15, 0.2) is 11.4 Å². The average Bonchev–Trinajstić information content (AvgIpc) is 2.89. The predicted molar refractivity (Wildman–Crippen MR) is 77.5 cm³/mol. The van der Waals surface area contributed by atoms with Gasteiger partial charge in [0.2, 0.25) is 0 Å². The summed E-state index contributed by atoms with van der Waals surface area (Å²) in [7, 11) is 3.33. The number of rotatable bonds is 4. The molecule has 2 aromatic heterocycles. The van der Waals surface area contributed by atoms with E-state index in [1.165, 1.54) is 5.56 Å². The summed E-state index contributed by atoms with van der Waals surface area (Å²) in [5.74, 6) is 1.65. The molecule has 0 aliphatic carbocycles. The highest BCUT2D eigenvalue weighted by Crippen LogP contribution is 2.20. The lowest BCUT2D eigenvalue weighted by Gasteiger charge is -2.02. The van der Waals surface area contributed by atoms with Gasteiger partial charge in [0, 0.05) is 18.8 Å². The predicted octanol–water partition coefficient (Wildman–Crippen LogP) is 2.94. The van der Waals surface area contributed by atoms with Crippen molar-refractivity contribution in [3.05, 3.63) is 60.0 Å². The van der Waals surface area contributed by atoms with E-state index in [0.29, 0.717) is 0 Å². The zero-order valence-corrected chi connectivity index (χ0v) is 11.5. The van der Waals surface area contributed by atoms with Crippen molar-refractivity contribution >= 4 is 5.65 Å². The monoisotopic (exact) mass is 268 g/mol. The SMILES string of the molecule is COc1cccc(Cc2cn3cccc(OC)c3n2)c1. The minimum atomic E-state index is 0.766. The molecular formula is C16H16N2O2. The molecule has 0 fully saturated rings. The summed E-state index contributed by atoms with van der Waals surface area (Å²) in [6.07, 6.45) is 4.76. The number of aromatic nitrogens is 2. The number of ether oxygens (including phenoxy) is 2. The number of hydrogen-bond donors (Lipinski definition) is 0. The van der Waals surface area contributed by atoms with Gasteiger partial charge in [-0.2, -0.15) is 0 Å². The first-order valence-electron chi connectivity index (χ1n) is 6.43. The summed E-state index contributed by atoms with van der Waals surface area (Å²) >= 11 is 0. The second-order valence-electron chi connectivity index (χ2n) is 4.57. The highest BCUT2D eigenvalue weighted by atomic mass is 16.5. The molecular weight excluding hydrogens is 252 g/mol. The second kappa shape index (κ2) is 5.25. The van der Waals surface area contributed by atoms with Gasteiger partial charge in [-0.3, -0.25) is 0 Å². The lowest BCUT2D eigenvalue weighted by Crippen LogP contribution is -1.90. The molecule has 1 aromatic carbocycles. The number of hydrogen-bond acceptors (Lipinski definition) is 3. The molecule has 3 rings (SSSR count). The zero-order chi connectivity index (χ0) is 13.9. The Kier molecular flexibility index (Phi) is 3.29. The van der Waals surface area contributed by atoms with Gasteiger partial charge < -0.3 is 13.9 Å². The summed E-state index contributed by atoms with van der Waals surface area (Å²) in [5.41, 5.74) is 3.02. The van der Waals surface area contributed by atoms with Gasteiger partial charge in [-0.25, -0.2) is 4.98 Å². The van der Waals surface area contributed by atoms with E-state index < -0.39 is 0 Å². The lowest BCUT2D eigenvalue weighted by molar-refractivity contribution is 0.414. The standard InChI is InChI=1S/C16H16N2O2/c1-19-14-6-3-5-12(10-14)9-13-11-18-8-4-7-15(20-2)16(18)17-13/h3-8,10-11H,9H2,1-2H3. The highest BCUT2D eigenvalue weighted by Gasteiger charge is 2.07. The third-order valence-electron chi connectivity index (χ3n) is 3.24. The summed E-state index contributed by atoms with van der Waals surface area (Å²) in [6.45, 7) is 0. The molecule has 2 heterocycles. The van der Waals surface area contributed by atoms with Crippen LogP contribution < -0.4 is 9.47 Å². The van der Waals surface area contributed by atoms with Gasteiger partial charge >= 0.3 is 0 Å². The molecule has 0 amide bonds. The molecule has 0 bridgehead atoms. The quantitative estimate of drug-likeness (QED) is 0.730. The average molecular weight is 268 g/mol. The van der Waals surface area contributed by atoms with Crippen LogP contribution in [0.2, 0.25) is 0 Å². The van der Waals surface area contributed by atoms with Crippen molar-refractivity contribution in [2.75, 3.05) is 14.2 Å². The fraction of sp³-hybridized carbons (Fsp3) is 0.188. The van der Waals surface area contributed by atoms with Crippen LogP contribution >= 0.6 is 0 Å². The van der Waals surface area contributed by atoms with Crippen LogP contribution in [0.15, 0.2) is 48.8 Å². The molecule has 102 valence electrons. The van der Waals surface area contributed by atoms with E-state index in [4.69, 9.17) is 9.47 Å². The summed E-state index contributed by atoms with van der Waals surface area (Å²) < 4.78 is 12.5. The van der Waals surface area contributed by atoms with Crippen LogP contribution in [0.5, 0.6) is 11.5 Å². The molecule has 0 spiro atoms. The highest BCUT2D eigenvalue weighted by molar-refractivity contribution is 5.54. The molecule has 0 N–H and O–H groups in total. The first kappa shape index (κ1) is 12.5. The zero-order valence-electron chi connectivity index (χ0n) is 11.5. The van der Waals surface area contributed by atoms with Gasteiger partial charge in [0.25, 0.3) is 0 Å². The Morgan fingerprint density at radius 2 is 2.00 bits per heavy atom. The van der Waals surface area contributed by atoms with Crippen molar-refractivity contribution in [3.63, 3.8) is 0 Å². The second-order valence-corrected chi connectivity index (χ2v) is 4.57. The van der Waals surface area contributed by atoms with E-state index in [-0.39, 0.29) is 0 Å². The third kappa shape index (κ3) is 2.32. The lowest BCUT2D eigenvalue weighted by atomic mass is 10.1. The van der Waals surface area contributed by atoms with E-state index in [2.05, 4.69) is 11.1 Å². The van der Waals surface area contributed by atoms with Crippen LogP contribution in [0.25, 0.3) is 5.65 Å². The molecule has 0 unspecified atom stereocenters. The number of methoxy groups -OCH3 is 2. The van der Waals surface area contributed by atoms with Gasteiger partial charge in [0.05, 0.1) is 19.9 Å². The van der Waals surface area contributed by atoms with E-state index in [9.17, 15) is 0 Å². The Hall–Kier alpha value is -2.49. The molecule has 0 atom stereocenters. The number of nitrogens with zero attached hydrogens (tertiary/aromatic N) is 2. The van der Waals surface area contributed by atoms with Gasteiger partial charge in [-0.1, -0.05) is 12.1 Å². The van der Waals surface area contributed by atoms with Crippen LogP contribution in [-0.4, -0.2) is 23.6 Å². The van der Waals surface area contributed by atoms with E-state index >= 15 is 0 Å². The normalized spacial score (nSPS) is 10.7. The summed E-state index contributed by atoms with van der Waals surface area (Å²) in [5, 5.41) is 0. The van der Waals surface area contributed by atoms with Crippen LogP contribution in [-0.2, 0) is 6.42 Å². The van der Waals surface area contributed by atoms with E-state index in [0.717, 1.165) is 29.3 Å².